The molecule has 2 nitrogen and oxygen atoms in total. The van der Waals surface area contributed by atoms with Crippen LogP contribution in [0.1, 0.15) is 12.0 Å². The van der Waals surface area contributed by atoms with Crippen LogP contribution in [0.15, 0.2) is 48.6 Å². The minimum Gasteiger partial charge on any atom is -0.299 e. The van der Waals surface area contributed by atoms with Crippen molar-refractivity contribution in [3.05, 3.63) is 54.1 Å². The predicted molar refractivity (Wildman–Crippen MR) is 73.7 cm³/mol. The van der Waals surface area contributed by atoms with Gasteiger partial charge >= 0.3 is 0 Å². The van der Waals surface area contributed by atoms with E-state index in [1.54, 1.807) is 0 Å². The van der Waals surface area contributed by atoms with Gasteiger partial charge in [0.2, 0.25) is 0 Å². The first kappa shape index (κ1) is 12.1. The highest BCUT2D eigenvalue weighted by Gasteiger charge is 2.28. The van der Waals surface area contributed by atoms with E-state index < -0.39 is 0 Å². The Morgan fingerprint density at radius 1 is 1.18 bits per heavy atom. The molecule has 2 heteroatoms. The molecule has 1 aliphatic carbocycles. The quantitative estimate of drug-likeness (QED) is 0.800. The minimum absolute atomic E-state index is 0.0434. The molecule has 0 fully saturated rings. The summed E-state index contributed by atoms with van der Waals surface area (Å²) in [6.07, 6.45) is 7.73. The Hall–Kier alpha value is -1.38. The Morgan fingerprint density at radius 3 is 2.35 bits per heavy atom. The third kappa shape index (κ3) is 2.33. The molecule has 17 heavy (non-hydrogen) atoms. The lowest BCUT2D eigenvalue weighted by Gasteiger charge is -2.38. The number of rotatable bonds is 3. The second-order valence-electron chi connectivity index (χ2n) is 4.63. The highest BCUT2D eigenvalue weighted by atomic mass is 15.3. The second kappa shape index (κ2) is 4.86. The van der Waals surface area contributed by atoms with Gasteiger partial charge < -0.3 is 0 Å². The normalized spacial score (nSPS) is 23.9. The second-order valence-corrected chi connectivity index (χ2v) is 4.63. The molecular formula is C15H20N2. The largest absolute Gasteiger partial charge is 0.299 e. The van der Waals surface area contributed by atoms with E-state index in [2.05, 4.69) is 66.8 Å². The third-order valence-corrected chi connectivity index (χ3v) is 3.51. The summed E-state index contributed by atoms with van der Waals surface area (Å²) < 4.78 is 0. The molecule has 0 saturated heterocycles. The van der Waals surface area contributed by atoms with Gasteiger partial charge in [-0.2, -0.15) is 0 Å². The van der Waals surface area contributed by atoms with Gasteiger partial charge in [-0.1, -0.05) is 42.5 Å². The van der Waals surface area contributed by atoms with Gasteiger partial charge in [-0.25, -0.2) is 0 Å². The van der Waals surface area contributed by atoms with Crippen LogP contribution >= 0.6 is 0 Å². The van der Waals surface area contributed by atoms with Crippen molar-refractivity contribution in [2.45, 2.75) is 12.1 Å². The van der Waals surface area contributed by atoms with Crippen LogP contribution in [0.4, 0.5) is 0 Å². The maximum atomic E-state index is 3.38. The van der Waals surface area contributed by atoms with Crippen LogP contribution in [-0.2, 0) is 0 Å². The summed E-state index contributed by atoms with van der Waals surface area (Å²) in [6, 6.07) is 10.5. The first-order valence-electron chi connectivity index (χ1n) is 5.99. The number of likely N-dealkylation sites (N-methyl/N-ethyl adjacent to an activating group) is 2. The molecule has 1 atom stereocenters. The summed E-state index contributed by atoms with van der Waals surface area (Å²) in [5.74, 6) is 0. The summed E-state index contributed by atoms with van der Waals surface area (Å²) in [5.41, 5.74) is 2.55. The number of allylic oxidation sites excluding steroid dienone is 2. The molecule has 0 aliphatic heterocycles. The molecule has 1 unspecified atom stereocenters. The molecule has 0 bridgehead atoms. The predicted octanol–water partition coefficient (Wildman–Crippen LogP) is 2.51. The Morgan fingerprint density at radius 2 is 1.88 bits per heavy atom. The molecule has 0 saturated carbocycles. The maximum Gasteiger partial charge on any atom is 0.0935 e. The van der Waals surface area contributed by atoms with Crippen molar-refractivity contribution >= 4 is 5.57 Å². The van der Waals surface area contributed by atoms with E-state index in [9.17, 15) is 0 Å². The highest BCUT2D eigenvalue weighted by Crippen LogP contribution is 2.27. The van der Waals surface area contributed by atoms with Crippen molar-refractivity contribution in [3.63, 3.8) is 0 Å². The number of hydrogen-bond donors (Lipinski definition) is 1. The fourth-order valence-electron chi connectivity index (χ4n) is 2.21. The van der Waals surface area contributed by atoms with Gasteiger partial charge in [0.15, 0.2) is 0 Å². The van der Waals surface area contributed by atoms with Crippen LogP contribution in [0, 0.1) is 0 Å². The van der Waals surface area contributed by atoms with Gasteiger partial charge in [0.05, 0.1) is 5.66 Å². The molecular weight excluding hydrogens is 208 g/mol. The fourth-order valence-corrected chi connectivity index (χ4v) is 2.21. The molecule has 2 rings (SSSR count). The minimum atomic E-state index is -0.0434. The molecule has 0 heterocycles. The van der Waals surface area contributed by atoms with Crippen LogP contribution in [0.25, 0.3) is 5.57 Å². The molecule has 1 aliphatic rings. The monoisotopic (exact) mass is 228 g/mol. The van der Waals surface area contributed by atoms with E-state index in [0.29, 0.717) is 0 Å². The van der Waals surface area contributed by atoms with E-state index >= 15 is 0 Å². The van der Waals surface area contributed by atoms with E-state index in [0.717, 1.165) is 6.42 Å². The van der Waals surface area contributed by atoms with Crippen LogP contribution < -0.4 is 5.32 Å². The molecule has 0 radical (unpaired) electrons. The van der Waals surface area contributed by atoms with E-state index in [-0.39, 0.29) is 5.66 Å². The lowest BCUT2D eigenvalue weighted by molar-refractivity contribution is 0.174. The zero-order chi connectivity index (χ0) is 12.3. The van der Waals surface area contributed by atoms with Crippen LogP contribution in [0.3, 0.4) is 0 Å². The summed E-state index contributed by atoms with van der Waals surface area (Å²) in [7, 11) is 6.20. The van der Waals surface area contributed by atoms with Gasteiger partial charge in [0, 0.05) is 6.42 Å². The average Bonchev–Trinajstić information content (AvgIpc) is 2.39. The first-order valence-corrected chi connectivity index (χ1v) is 5.99. The van der Waals surface area contributed by atoms with Gasteiger partial charge in [0.1, 0.15) is 0 Å². The number of nitrogens with zero attached hydrogens (tertiary/aromatic N) is 1. The van der Waals surface area contributed by atoms with Gasteiger partial charge in [-0.15, -0.1) is 0 Å². The van der Waals surface area contributed by atoms with Crippen molar-refractivity contribution in [3.8, 4) is 0 Å². The standard InChI is InChI=1S/C15H20N2/c1-16-15(17(2)3)11-9-14(10-12-15)13-7-5-4-6-8-13/h4-11,16H,12H2,1-3H3. The number of hydrogen-bond acceptors (Lipinski definition) is 2. The van der Waals surface area contributed by atoms with Crippen LogP contribution in [-0.4, -0.2) is 31.7 Å². The highest BCUT2D eigenvalue weighted by molar-refractivity contribution is 5.75. The molecule has 1 N–H and O–H groups in total. The van der Waals surface area contributed by atoms with Crippen molar-refractivity contribution < 1.29 is 0 Å². The van der Waals surface area contributed by atoms with Gasteiger partial charge in [-0.05, 0) is 38.4 Å². The molecule has 0 amide bonds. The van der Waals surface area contributed by atoms with E-state index in [4.69, 9.17) is 0 Å². The summed E-state index contributed by atoms with van der Waals surface area (Å²) in [5, 5.41) is 3.38. The third-order valence-electron chi connectivity index (χ3n) is 3.51. The Bertz CT molecular complexity index is 431. The molecule has 90 valence electrons. The van der Waals surface area contributed by atoms with Crippen molar-refractivity contribution in [2.75, 3.05) is 21.1 Å². The van der Waals surface area contributed by atoms with Crippen molar-refractivity contribution in [1.29, 1.82) is 0 Å². The maximum absolute atomic E-state index is 3.38. The molecule has 0 spiro atoms. The smallest absolute Gasteiger partial charge is 0.0935 e. The molecule has 1 aromatic rings. The van der Waals surface area contributed by atoms with Crippen molar-refractivity contribution in [1.82, 2.24) is 10.2 Å². The molecule has 1 aromatic carbocycles. The number of benzene rings is 1. The van der Waals surface area contributed by atoms with Gasteiger partial charge in [0.25, 0.3) is 0 Å². The first-order chi connectivity index (χ1) is 8.18. The SMILES string of the molecule is CNC1(N(C)C)C=CC(c2ccccc2)=CC1. The lowest BCUT2D eigenvalue weighted by Crippen LogP contribution is -2.53. The fraction of sp³-hybridized carbons (Fsp3) is 0.333. The van der Waals surface area contributed by atoms with Crippen LogP contribution in [0.2, 0.25) is 0 Å². The zero-order valence-electron chi connectivity index (χ0n) is 10.8. The Balaban J connectivity index is 2.22. The topological polar surface area (TPSA) is 15.3 Å². The van der Waals surface area contributed by atoms with E-state index in [1.165, 1.54) is 11.1 Å². The Kier molecular flexibility index (Phi) is 3.46. The van der Waals surface area contributed by atoms with E-state index in [1.807, 2.05) is 13.1 Å². The average molecular weight is 228 g/mol. The lowest BCUT2D eigenvalue weighted by atomic mass is 9.92. The summed E-state index contributed by atoms with van der Waals surface area (Å²) in [4.78, 5) is 2.21. The van der Waals surface area contributed by atoms with Gasteiger partial charge in [-0.3, -0.25) is 10.2 Å². The zero-order valence-corrected chi connectivity index (χ0v) is 10.8. The summed E-state index contributed by atoms with van der Waals surface area (Å²) >= 11 is 0. The van der Waals surface area contributed by atoms with Crippen LogP contribution in [0.5, 0.6) is 0 Å². The summed E-state index contributed by atoms with van der Waals surface area (Å²) in [6.45, 7) is 0. The molecule has 0 aromatic heterocycles. The number of nitrogens with one attached hydrogen (secondary N) is 1. The van der Waals surface area contributed by atoms with Crippen molar-refractivity contribution in [2.24, 2.45) is 0 Å². The Labute approximate surface area is 104 Å².